The third-order valence-corrected chi connectivity index (χ3v) is 4.91. The smallest absolute Gasteiger partial charge is 0.416 e. The summed E-state index contributed by atoms with van der Waals surface area (Å²) in [6.07, 6.45) is 3.31. The molecule has 0 bridgehead atoms. The Hall–Kier alpha value is -2.31. The van der Waals surface area contributed by atoms with Crippen molar-refractivity contribution in [3.8, 4) is 0 Å². The minimum absolute atomic E-state index is 0.107. The molecule has 1 aliphatic heterocycles. The van der Waals surface area contributed by atoms with Crippen LogP contribution in [0.5, 0.6) is 0 Å². The molecule has 0 aliphatic carbocycles. The number of aromatic nitrogens is 1. The molecule has 0 saturated carbocycles. The van der Waals surface area contributed by atoms with Crippen molar-refractivity contribution in [2.24, 2.45) is 0 Å². The van der Waals surface area contributed by atoms with Crippen molar-refractivity contribution in [2.45, 2.75) is 97.9 Å². The van der Waals surface area contributed by atoms with E-state index < -0.39 is 17.3 Å². The number of pyridine rings is 1. The fourth-order valence-electron chi connectivity index (χ4n) is 3.47. The molecular formula is C23H37N3O4. The van der Waals surface area contributed by atoms with Gasteiger partial charge in [0.1, 0.15) is 17.0 Å². The second kappa shape index (κ2) is 9.23. The first-order chi connectivity index (χ1) is 13.8. The fourth-order valence-corrected chi connectivity index (χ4v) is 3.47. The molecule has 0 N–H and O–H groups in total. The highest BCUT2D eigenvalue weighted by Gasteiger charge is 2.37. The zero-order valence-electron chi connectivity index (χ0n) is 19.7. The summed E-state index contributed by atoms with van der Waals surface area (Å²) >= 11 is 0. The van der Waals surface area contributed by atoms with Crippen LogP contribution >= 0.6 is 0 Å². The van der Waals surface area contributed by atoms with Crippen LogP contribution in [-0.4, -0.2) is 45.9 Å². The van der Waals surface area contributed by atoms with Gasteiger partial charge in [0.05, 0.1) is 6.04 Å². The van der Waals surface area contributed by atoms with Gasteiger partial charge in [-0.3, -0.25) is 4.90 Å². The Morgan fingerprint density at radius 2 is 1.83 bits per heavy atom. The van der Waals surface area contributed by atoms with Gasteiger partial charge in [-0.2, -0.15) is 0 Å². The number of hydrogen-bond acceptors (Lipinski definition) is 5. The van der Waals surface area contributed by atoms with E-state index in [0.717, 1.165) is 24.8 Å². The number of ether oxygens (including phenoxy) is 2. The van der Waals surface area contributed by atoms with Gasteiger partial charge in [0.2, 0.25) is 0 Å². The molecule has 0 unspecified atom stereocenters. The largest absolute Gasteiger partial charge is 0.444 e. The van der Waals surface area contributed by atoms with E-state index in [2.05, 4.69) is 4.98 Å². The summed E-state index contributed by atoms with van der Waals surface area (Å²) < 4.78 is 11.3. The molecule has 2 amide bonds. The molecule has 7 heteroatoms. The van der Waals surface area contributed by atoms with Crippen molar-refractivity contribution in [3.05, 3.63) is 23.9 Å². The number of rotatable bonds is 4. The summed E-state index contributed by atoms with van der Waals surface area (Å²) in [6, 6.07) is 3.48. The number of hydrogen-bond donors (Lipinski definition) is 0. The van der Waals surface area contributed by atoms with Crippen LogP contribution in [0, 0.1) is 0 Å². The van der Waals surface area contributed by atoms with Crippen molar-refractivity contribution in [1.82, 2.24) is 9.88 Å². The maximum Gasteiger partial charge on any atom is 0.416 e. The summed E-state index contributed by atoms with van der Waals surface area (Å²) in [5.74, 6) is 0.543. The van der Waals surface area contributed by atoms with Crippen LogP contribution in [0.1, 0.15) is 86.3 Å². The molecule has 0 radical (unpaired) electrons. The minimum atomic E-state index is -0.617. The number of anilines is 1. The van der Waals surface area contributed by atoms with E-state index in [1.54, 1.807) is 16.0 Å². The Balaban J connectivity index is 2.43. The molecule has 1 aliphatic rings. The van der Waals surface area contributed by atoms with Crippen LogP contribution in [0.4, 0.5) is 15.4 Å². The van der Waals surface area contributed by atoms with Crippen molar-refractivity contribution in [3.63, 3.8) is 0 Å². The zero-order valence-corrected chi connectivity index (χ0v) is 19.7. The van der Waals surface area contributed by atoms with Gasteiger partial charge >= 0.3 is 12.2 Å². The summed E-state index contributed by atoms with van der Waals surface area (Å²) in [7, 11) is 0. The Labute approximate surface area is 180 Å². The van der Waals surface area contributed by atoms with Crippen LogP contribution in [0.2, 0.25) is 0 Å². The highest BCUT2D eigenvalue weighted by atomic mass is 16.6. The molecule has 1 aromatic rings. The number of nitrogens with zero attached hydrogens (tertiary/aromatic N) is 3. The standard InChI is InChI=1S/C23H37N3O4/c1-9-16(2)26(21(28)30-23(6,7)8)19-17(12-10-14-24-19)18-13-11-15-25(18)20(27)29-22(3,4)5/h10,12,14,16,18H,9,11,13,15H2,1-8H3/t16-,18+/m0/s1. The van der Waals surface area contributed by atoms with Gasteiger partial charge in [0, 0.05) is 24.3 Å². The summed E-state index contributed by atoms with van der Waals surface area (Å²) in [4.78, 5) is 33.8. The molecule has 0 spiro atoms. The number of carbonyl (C=O) groups excluding carboxylic acids is 2. The van der Waals surface area contributed by atoms with Gasteiger partial charge in [0.15, 0.2) is 0 Å². The number of likely N-dealkylation sites (tertiary alicyclic amines) is 1. The van der Waals surface area contributed by atoms with Crippen molar-refractivity contribution in [1.29, 1.82) is 0 Å². The van der Waals surface area contributed by atoms with Crippen LogP contribution in [0.3, 0.4) is 0 Å². The summed E-state index contributed by atoms with van der Waals surface area (Å²) in [5.41, 5.74) is -0.346. The third-order valence-electron chi connectivity index (χ3n) is 4.91. The van der Waals surface area contributed by atoms with E-state index in [4.69, 9.17) is 9.47 Å². The molecule has 168 valence electrons. The first kappa shape index (κ1) is 24.0. The van der Waals surface area contributed by atoms with Crippen LogP contribution in [0.15, 0.2) is 18.3 Å². The van der Waals surface area contributed by atoms with Crippen LogP contribution in [0.25, 0.3) is 0 Å². The average molecular weight is 420 g/mol. The predicted molar refractivity (Wildman–Crippen MR) is 118 cm³/mol. The van der Waals surface area contributed by atoms with E-state index in [1.165, 1.54) is 0 Å². The minimum Gasteiger partial charge on any atom is -0.444 e. The third kappa shape index (κ3) is 6.09. The SMILES string of the molecule is CC[C@H](C)N(C(=O)OC(C)(C)C)c1ncccc1[C@H]1CCCN1C(=O)OC(C)(C)C. The quantitative estimate of drug-likeness (QED) is 0.626. The molecule has 7 nitrogen and oxygen atoms in total. The van der Waals surface area contributed by atoms with E-state index >= 15 is 0 Å². The zero-order chi connectivity index (χ0) is 22.7. The van der Waals surface area contributed by atoms with Crippen molar-refractivity contribution < 1.29 is 19.1 Å². The fraction of sp³-hybridized carbons (Fsp3) is 0.696. The number of amides is 2. The van der Waals surface area contributed by atoms with Crippen molar-refractivity contribution in [2.75, 3.05) is 11.4 Å². The predicted octanol–water partition coefficient (Wildman–Crippen LogP) is 5.69. The lowest BCUT2D eigenvalue weighted by molar-refractivity contribution is 0.0224. The first-order valence-corrected chi connectivity index (χ1v) is 10.8. The highest BCUT2D eigenvalue weighted by molar-refractivity contribution is 5.88. The van der Waals surface area contributed by atoms with Gasteiger partial charge in [-0.1, -0.05) is 13.0 Å². The van der Waals surface area contributed by atoms with Crippen LogP contribution < -0.4 is 4.90 Å². The molecular weight excluding hydrogens is 382 g/mol. The lowest BCUT2D eigenvalue weighted by atomic mass is 10.0. The van der Waals surface area contributed by atoms with Gasteiger partial charge < -0.3 is 14.4 Å². The van der Waals surface area contributed by atoms with E-state index in [-0.39, 0.29) is 18.2 Å². The molecule has 30 heavy (non-hydrogen) atoms. The van der Waals surface area contributed by atoms with Gasteiger partial charge in [-0.05, 0) is 73.8 Å². The van der Waals surface area contributed by atoms with Gasteiger partial charge in [-0.25, -0.2) is 14.6 Å². The number of carbonyl (C=O) groups is 2. The van der Waals surface area contributed by atoms with Crippen LogP contribution in [-0.2, 0) is 9.47 Å². The molecule has 2 heterocycles. The molecule has 1 aromatic heterocycles. The summed E-state index contributed by atoms with van der Waals surface area (Å²) in [5, 5.41) is 0. The Kier molecular flexibility index (Phi) is 7.37. The van der Waals surface area contributed by atoms with Gasteiger partial charge in [-0.15, -0.1) is 0 Å². The van der Waals surface area contributed by atoms with E-state index in [9.17, 15) is 9.59 Å². The molecule has 0 aromatic carbocycles. The average Bonchev–Trinajstić information content (AvgIpc) is 3.09. The second-order valence-electron chi connectivity index (χ2n) is 9.86. The second-order valence-corrected chi connectivity index (χ2v) is 9.86. The monoisotopic (exact) mass is 419 g/mol. The molecule has 2 atom stereocenters. The lowest BCUT2D eigenvalue weighted by Gasteiger charge is -2.34. The van der Waals surface area contributed by atoms with Gasteiger partial charge in [0.25, 0.3) is 0 Å². The maximum absolute atomic E-state index is 13.1. The van der Waals surface area contributed by atoms with Crippen molar-refractivity contribution >= 4 is 18.0 Å². The first-order valence-electron chi connectivity index (χ1n) is 10.8. The Morgan fingerprint density at radius 1 is 1.20 bits per heavy atom. The van der Waals surface area contributed by atoms with E-state index in [0.29, 0.717) is 12.4 Å². The Morgan fingerprint density at radius 3 is 2.40 bits per heavy atom. The molecule has 1 fully saturated rings. The van der Waals surface area contributed by atoms with E-state index in [1.807, 2.05) is 67.5 Å². The topological polar surface area (TPSA) is 72.0 Å². The normalized spacial score (nSPS) is 18.1. The lowest BCUT2D eigenvalue weighted by Crippen LogP contribution is -2.44. The Bertz CT molecular complexity index is 752. The summed E-state index contributed by atoms with van der Waals surface area (Å²) in [6.45, 7) is 15.7. The maximum atomic E-state index is 13.1. The molecule has 2 rings (SSSR count). The molecule has 1 saturated heterocycles. The highest BCUT2D eigenvalue weighted by Crippen LogP contribution is 2.38.